The first-order valence-electron chi connectivity index (χ1n) is 8.40. The number of carbonyl (C=O) groups is 2. The first kappa shape index (κ1) is 18.0. The maximum Gasteiger partial charge on any atom is 0.261 e. The SMILES string of the molecule is CC1(CN)CCN(S(=O)(=O)CCCN2C(=O)c3ccccc3C2=O)C1. The molecular formula is C17H23N3O4S. The van der Waals surface area contributed by atoms with E-state index in [1.165, 1.54) is 4.31 Å². The molecule has 0 radical (unpaired) electrons. The smallest absolute Gasteiger partial charge is 0.261 e. The molecule has 1 aromatic carbocycles. The molecule has 2 aliphatic heterocycles. The van der Waals surface area contributed by atoms with Crippen LogP contribution in [0, 0.1) is 5.41 Å². The van der Waals surface area contributed by atoms with Gasteiger partial charge in [-0.3, -0.25) is 14.5 Å². The van der Waals surface area contributed by atoms with Crippen LogP contribution in [0.1, 0.15) is 40.5 Å². The maximum atomic E-state index is 12.5. The lowest BCUT2D eigenvalue weighted by molar-refractivity contribution is 0.0654. The van der Waals surface area contributed by atoms with Crippen LogP contribution in [0.5, 0.6) is 0 Å². The molecule has 136 valence electrons. The van der Waals surface area contributed by atoms with Gasteiger partial charge >= 0.3 is 0 Å². The topological polar surface area (TPSA) is 101 Å². The molecule has 1 aromatic rings. The van der Waals surface area contributed by atoms with E-state index in [0.717, 1.165) is 11.3 Å². The summed E-state index contributed by atoms with van der Waals surface area (Å²) in [6, 6.07) is 6.65. The lowest BCUT2D eigenvalue weighted by atomic mass is 9.90. The summed E-state index contributed by atoms with van der Waals surface area (Å²) in [7, 11) is -3.41. The van der Waals surface area contributed by atoms with Crippen molar-refractivity contribution < 1.29 is 18.0 Å². The van der Waals surface area contributed by atoms with Crippen LogP contribution in [0.15, 0.2) is 24.3 Å². The first-order valence-corrected chi connectivity index (χ1v) is 10.0. The van der Waals surface area contributed by atoms with E-state index in [0.29, 0.717) is 30.8 Å². The third-order valence-electron chi connectivity index (χ3n) is 5.07. The Bertz CT molecular complexity index is 773. The number of amides is 2. The van der Waals surface area contributed by atoms with Crippen LogP contribution < -0.4 is 5.73 Å². The summed E-state index contributed by atoms with van der Waals surface area (Å²) >= 11 is 0. The van der Waals surface area contributed by atoms with Crippen molar-refractivity contribution >= 4 is 21.8 Å². The van der Waals surface area contributed by atoms with Gasteiger partial charge in [-0.25, -0.2) is 12.7 Å². The molecule has 0 saturated carbocycles. The molecule has 2 heterocycles. The predicted molar refractivity (Wildman–Crippen MR) is 93.6 cm³/mol. The molecular weight excluding hydrogens is 342 g/mol. The van der Waals surface area contributed by atoms with Crippen molar-refractivity contribution in [1.82, 2.24) is 9.21 Å². The van der Waals surface area contributed by atoms with Gasteiger partial charge in [-0.05, 0) is 36.9 Å². The van der Waals surface area contributed by atoms with Gasteiger partial charge in [-0.15, -0.1) is 0 Å². The van der Waals surface area contributed by atoms with Gasteiger partial charge in [0, 0.05) is 19.6 Å². The highest BCUT2D eigenvalue weighted by molar-refractivity contribution is 7.89. The van der Waals surface area contributed by atoms with Gasteiger partial charge in [0.15, 0.2) is 0 Å². The Morgan fingerprint density at radius 1 is 1.16 bits per heavy atom. The normalized spacial score (nSPS) is 24.2. The van der Waals surface area contributed by atoms with Crippen molar-refractivity contribution in [2.24, 2.45) is 11.1 Å². The van der Waals surface area contributed by atoms with Crippen LogP contribution >= 0.6 is 0 Å². The van der Waals surface area contributed by atoms with Gasteiger partial charge in [0.25, 0.3) is 11.8 Å². The second-order valence-corrected chi connectivity index (χ2v) is 9.16. The van der Waals surface area contributed by atoms with Crippen LogP contribution in [0.3, 0.4) is 0 Å². The zero-order valence-corrected chi connectivity index (χ0v) is 15.1. The Labute approximate surface area is 147 Å². The fourth-order valence-electron chi connectivity index (χ4n) is 3.36. The zero-order chi connectivity index (χ0) is 18.2. The van der Waals surface area contributed by atoms with E-state index in [9.17, 15) is 18.0 Å². The molecule has 2 N–H and O–H groups in total. The van der Waals surface area contributed by atoms with Crippen LogP contribution in [-0.2, 0) is 10.0 Å². The van der Waals surface area contributed by atoms with E-state index in [1.54, 1.807) is 24.3 Å². The summed E-state index contributed by atoms with van der Waals surface area (Å²) in [5.74, 6) is -0.786. The number of rotatable bonds is 6. The second kappa shape index (κ2) is 6.51. The summed E-state index contributed by atoms with van der Waals surface area (Å²) in [6.07, 6.45) is 0.977. The molecule has 0 aliphatic carbocycles. The van der Waals surface area contributed by atoms with Crippen molar-refractivity contribution in [1.29, 1.82) is 0 Å². The molecule has 1 fully saturated rings. The molecule has 8 heteroatoms. The molecule has 0 bridgehead atoms. The average molecular weight is 365 g/mol. The Kier molecular flexibility index (Phi) is 4.70. The van der Waals surface area contributed by atoms with E-state index in [1.807, 2.05) is 6.92 Å². The number of nitrogens with zero attached hydrogens (tertiary/aromatic N) is 2. The Balaban J connectivity index is 1.59. The lowest BCUT2D eigenvalue weighted by Gasteiger charge is -2.22. The van der Waals surface area contributed by atoms with E-state index >= 15 is 0 Å². The van der Waals surface area contributed by atoms with Gasteiger partial charge in [0.1, 0.15) is 0 Å². The molecule has 1 atom stereocenters. The Morgan fingerprint density at radius 2 is 1.76 bits per heavy atom. The summed E-state index contributed by atoms with van der Waals surface area (Å²) in [5.41, 5.74) is 6.32. The highest BCUT2D eigenvalue weighted by Crippen LogP contribution is 2.30. The van der Waals surface area contributed by atoms with E-state index in [4.69, 9.17) is 5.73 Å². The largest absolute Gasteiger partial charge is 0.330 e. The number of sulfonamides is 1. The number of fused-ring (bicyclic) bond motifs is 1. The number of benzene rings is 1. The number of imide groups is 1. The van der Waals surface area contributed by atoms with Crippen LogP contribution in [-0.4, -0.2) is 61.4 Å². The van der Waals surface area contributed by atoms with Gasteiger partial charge < -0.3 is 5.73 Å². The minimum Gasteiger partial charge on any atom is -0.330 e. The maximum absolute atomic E-state index is 12.5. The third-order valence-corrected chi connectivity index (χ3v) is 6.97. The molecule has 25 heavy (non-hydrogen) atoms. The van der Waals surface area contributed by atoms with Crippen molar-refractivity contribution in [3.63, 3.8) is 0 Å². The minimum absolute atomic E-state index is 0.0823. The Morgan fingerprint density at radius 3 is 2.28 bits per heavy atom. The summed E-state index contributed by atoms with van der Waals surface area (Å²) in [4.78, 5) is 25.7. The monoisotopic (exact) mass is 365 g/mol. The van der Waals surface area contributed by atoms with E-state index in [2.05, 4.69) is 0 Å². The third kappa shape index (κ3) is 3.33. The minimum atomic E-state index is -3.41. The molecule has 3 rings (SSSR count). The zero-order valence-electron chi connectivity index (χ0n) is 14.3. The van der Waals surface area contributed by atoms with Crippen LogP contribution in [0.4, 0.5) is 0 Å². The van der Waals surface area contributed by atoms with E-state index < -0.39 is 10.0 Å². The lowest BCUT2D eigenvalue weighted by Crippen LogP contribution is -2.37. The van der Waals surface area contributed by atoms with Crippen molar-refractivity contribution in [3.05, 3.63) is 35.4 Å². The molecule has 0 aromatic heterocycles. The molecule has 2 aliphatic rings. The standard InChI is InChI=1S/C17H23N3O4S/c1-17(11-18)7-9-19(12-17)25(23,24)10-4-8-20-15(21)13-5-2-3-6-14(13)16(20)22/h2-3,5-6H,4,7-12,18H2,1H3. The fourth-order valence-corrected chi connectivity index (χ4v) is 4.99. The van der Waals surface area contributed by atoms with Crippen molar-refractivity contribution in [2.45, 2.75) is 19.8 Å². The molecule has 0 spiro atoms. The number of hydrogen-bond acceptors (Lipinski definition) is 5. The number of nitrogens with two attached hydrogens (primary N) is 1. The molecule has 7 nitrogen and oxygen atoms in total. The van der Waals surface area contributed by atoms with Gasteiger partial charge in [-0.1, -0.05) is 19.1 Å². The van der Waals surface area contributed by atoms with Gasteiger partial charge in [0.2, 0.25) is 10.0 Å². The quantitative estimate of drug-likeness (QED) is 0.747. The first-order chi connectivity index (χ1) is 11.8. The molecule has 1 saturated heterocycles. The number of carbonyl (C=O) groups excluding carboxylic acids is 2. The molecule has 2 amide bonds. The van der Waals surface area contributed by atoms with Crippen LogP contribution in [0.25, 0.3) is 0 Å². The summed E-state index contributed by atoms with van der Waals surface area (Å²) < 4.78 is 26.5. The second-order valence-electron chi connectivity index (χ2n) is 7.08. The number of hydrogen-bond donors (Lipinski definition) is 1. The summed E-state index contributed by atoms with van der Waals surface area (Å²) in [6.45, 7) is 3.45. The highest BCUT2D eigenvalue weighted by atomic mass is 32.2. The van der Waals surface area contributed by atoms with Crippen LogP contribution in [0.2, 0.25) is 0 Å². The summed E-state index contributed by atoms with van der Waals surface area (Å²) in [5, 5.41) is 0. The van der Waals surface area contributed by atoms with Gasteiger partial charge in [-0.2, -0.15) is 0 Å². The van der Waals surface area contributed by atoms with Gasteiger partial charge in [0.05, 0.1) is 16.9 Å². The van der Waals surface area contributed by atoms with Crippen molar-refractivity contribution in [2.75, 3.05) is 31.9 Å². The fraction of sp³-hybridized carbons (Fsp3) is 0.529. The predicted octanol–water partition coefficient (Wildman–Crippen LogP) is 0.673. The van der Waals surface area contributed by atoms with E-state index in [-0.39, 0.29) is 35.9 Å². The van der Waals surface area contributed by atoms with Crippen molar-refractivity contribution in [3.8, 4) is 0 Å². The highest BCUT2D eigenvalue weighted by Gasteiger charge is 2.39. The Hall–Kier alpha value is -1.77. The average Bonchev–Trinajstić information content (AvgIpc) is 3.11. The molecule has 1 unspecified atom stereocenters.